The van der Waals surface area contributed by atoms with Gasteiger partial charge in [-0.2, -0.15) is 0 Å². The number of nitrogens with one attached hydrogen (secondary N) is 2. The molecule has 146 valence electrons. The van der Waals surface area contributed by atoms with Gasteiger partial charge in [0.25, 0.3) is 0 Å². The van der Waals surface area contributed by atoms with E-state index >= 15 is 0 Å². The number of aromatic amines is 1. The van der Waals surface area contributed by atoms with Gasteiger partial charge in [-0.3, -0.25) is 4.79 Å². The number of fused-ring (bicyclic) bond motifs is 1. The second-order valence-corrected chi connectivity index (χ2v) is 8.70. The first kappa shape index (κ1) is 18.5. The lowest BCUT2D eigenvalue weighted by Crippen LogP contribution is -2.33. The van der Waals surface area contributed by atoms with Crippen LogP contribution < -0.4 is 5.32 Å². The maximum Gasteiger partial charge on any atom is 0.220 e. The van der Waals surface area contributed by atoms with Crippen molar-refractivity contribution in [2.24, 2.45) is 17.8 Å². The van der Waals surface area contributed by atoms with Crippen molar-refractivity contribution in [1.29, 1.82) is 0 Å². The van der Waals surface area contributed by atoms with Crippen LogP contribution in [-0.4, -0.2) is 15.9 Å². The molecule has 0 atom stereocenters. The van der Waals surface area contributed by atoms with Gasteiger partial charge in [0.2, 0.25) is 5.91 Å². The molecule has 2 N–H and O–H groups in total. The van der Waals surface area contributed by atoms with Crippen LogP contribution in [0.1, 0.15) is 76.2 Å². The molecule has 0 radical (unpaired) electrons. The molecular weight excluding hydrogens is 334 g/mol. The zero-order chi connectivity index (χ0) is 18.5. The molecule has 0 spiro atoms. The van der Waals surface area contributed by atoms with Gasteiger partial charge in [0, 0.05) is 30.7 Å². The molecule has 2 fully saturated rings. The molecule has 2 saturated carbocycles. The second-order valence-electron chi connectivity index (χ2n) is 8.70. The van der Waals surface area contributed by atoms with Crippen LogP contribution in [0.3, 0.4) is 0 Å². The number of hydrogen-bond acceptors (Lipinski definition) is 2. The first-order chi connectivity index (χ1) is 13.3. The number of carbonyl (C=O) groups excluding carboxylic acids is 1. The molecule has 1 amide bonds. The van der Waals surface area contributed by atoms with E-state index < -0.39 is 0 Å². The maximum absolute atomic E-state index is 12.8. The minimum absolute atomic E-state index is 0.227. The summed E-state index contributed by atoms with van der Waals surface area (Å²) in [5, 5.41) is 4.28. The average molecular weight is 368 g/mol. The molecule has 2 aliphatic rings. The van der Waals surface area contributed by atoms with E-state index in [1.165, 1.54) is 64.2 Å². The third-order valence-electron chi connectivity index (χ3n) is 6.88. The molecular formula is C23H33N3O. The zero-order valence-corrected chi connectivity index (χ0v) is 16.4. The lowest BCUT2D eigenvalue weighted by atomic mass is 9.68. The highest BCUT2D eigenvalue weighted by atomic mass is 16.1. The zero-order valence-electron chi connectivity index (χ0n) is 16.4. The number of aromatic nitrogens is 2. The van der Waals surface area contributed by atoms with E-state index in [9.17, 15) is 4.79 Å². The normalized spacial score (nSPS) is 19.6. The summed E-state index contributed by atoms with van der Waals surface area (Å²) in [6.07, 6.45) is 18.0. The number of pyridine rings is 1. The second kappa shape index (κ2) is 8.90. The summed E-state index contributed by atoms with van der Waals surface area (Å²) in [4.78, 5) is 20.3. The summed E-state index contributed by atoms with van der Waals surface area (Å²) in [6.45, 7) is 0.578. The topological polar surface area (TPSA) is 57.8 Å². The Balaban J connectivity index is 1.36. The molecule has 27 heavy (non-hydrogen) atoms. The summed E-state index contributed by atoms with van der Waals surface area (Å²) in [5.41, 5.74) is 1.97. The predicted octanol–water partition coefficient (Wildman–Crippen LogP) is 5.35. The minimum atomic E-state index is 0.227. The van der Waals surface area contributed by atoms with Gasteiger partial charge in [0.15, 0.2) is 0 Å². The molecule has 4 nitrogen and oxygen atoms in total. The summed E-state index contributed by atoms with van der Waals surface area (Å²) >= 11 is 0. The van der Waals surface area contributed by atoms with Crippen molar-refractivity contribution in [2.45, 2.75) is 77.2 Å². The Morgan fingerprint density at radius 2 is 1.74 bits per heavy atom. The van der Waals surface area contributed by atoms with Crippen molar-refractivity contribution < 1.29 is 4.79 Å². The van der Waals surface area contributed by atoms with Crippen molar-refractivity contribution in [2.75, 3.05) is 0 Å². The molecule has 2 aromatic heterocycles. The van der Waals surface area contributed by atoms with Crippen LogP contribution in [0.2, 0.25) is 0 Å². The first-order valence-corrected chi connectivity index (χ1v) is 11.0. The van der Waals surface area contributed by atoms with Gasteiger partial charge < -0.3 is 10.3 Å². The summed E-state index contributed by atoms with van der Waals surface area (Å²) in [5.74, 6) is 2.36. The van der Waals surface area contributed by atoms with E-state index in [1.807, 2.05) is 18.5 Å². The highest BCUT2D eigenvalue weighted by Gasteiger charge is 2.32. The predicted molar refractivity (Wildman–Crippen MR) is 109 cm³/mol. The van der Waals surface area contributed by atoms with E-state index in [2.05, 4.69) is 21.4 Å². The summed E-state index contributed by atoms with van der Waals surface area (Å²) in [7, 11) is 0. The Kier molecular flexibility index (Phi) is 6.10. The fourth-order valence-electron chi connectivity index (χ4n) is 5.41. The van der Waals surface area contributed by atoms with Crippen molar-refractivity contribution in [3.05, 3.63) is 30.1 Å². The van der Waals surface area contributed by atoms with Gasteiger partial charge >= 0.3 is 0 Å². The summed E-state index contributed by atoms with van der Waals surface area (Å²) < 4.78 is 0. The molecule has 4 heteroatoms. The Morgan fingerprint density at radius 1 is 1.07 bits per heavy atom. The van der Waals surface area contributed by atoms with Gasteiger partial charge in [-0.1, -0.05) is 64.2 Å². The number of rotatable bonds is 6. The molecule has 4 rings (SSSR count). The third kappa shape index (κ3) is 4.72. The number of hydrogen-bond donors (Lipinski definition) is 2. The fourth-order valence-corrected chi connectivity index (χ4v) is 5.41. The molecule has 2 aromatic rings. The van der Waals surface area contributed by atoms with Gasteiger partial charge in [0.1, 0.15) is 5.65 Å². The Hall–Kier alpha value is -1.84. The van der Waals surface area contributed by atoms with Crippen LogP contribution in [0.25, 0.3) is 11.0 Å². The van der Waals surface area contributed by atoms with E-state index in [0.29, 0.717) is 12.5 Å². The minimum Gasteiger partial charge on any atom is -0.352 e. The van der Waals surface area contributed by atoms with Crippen molar-refractivity contribution in [3.63, 3.8) is 0 Å². The molecule has 0 bridgehead atoms. The Bertz CT molecular complexity index is 723. The van der Waals surface area contributed by atoms with E-state index in [1.54, 1.807) is 0 Å². The lowest BCUT2D eigenvalue weighted by Gasteiger charge is -2.37. The third-order valence-corrected chi connectivity index (χ3v) is 6.88. The van der Waals surface area contributed by atoms with Crippen LogP contribution >= 0.6 is 0 Å². The van der Waals surface area contributed by atoms with Gasteiger partial charge in [-0.05, 0) is 35.4 Å². The Labute approximate surface area is 162 Å². The molecule has 0 aliphatic heterocycles. The summed E-state index contributed by atoms with van der Waals surface area (Å²) in [6, 6.07) is 4.13. The SMILES string of the molecule is O=C(CC(C1CCCCC1)C1CCCCC1)NCc1cnc2[nH]ccc2c1. The van der Waals surface area contributed by atoms with E-state index in [0.717, 1.165) is 34.9 Å². The maximum atomic E-state index is 12.8. The molecule has 2 aliphatic carbocycles. The molecule has 2 heterocycles. The molecule has 0 aromatic carbocycles. The highest BCUT2D eigenvalue weighted by molar-refractivity contribution is 5.77. The van der Waals surface area contributed by atoms with Crippen LogP contribution in [0, 0.1) is 17.8 Å². The van der Waals surface area contributed by atoms with Crippen LogP contribution in [0.4, 0.5) is 0 Å². The van der Waals surface area contributed by atoms with E-state index in [-0.39, 0.29) is 5.91 Å². The van der Waals surface area contributed by atoms with Gasteiger partial charge in [0.05, 0.1) is 0 Å². The average Bonchev–Trinajstić information content (AvgIpc) is 3.20. The van der Waals surface area contributed by atoms with E-state index in [4.69, 9.17) is 0 Å². The van der Waals surface area contributed by atoms with Gasteiger partial charge in [-0.15, -0.1) is 0 Å². The fraction of sp³-hybridized carbons (Fsp3) is 0.652. The van der Waals surface area contributed by atoms with Crippen molar-refractivity contribution >= 4 is 16.9 Å². The standard InChI is InChI=1S/C23H33N3O/c27-22(25-15-17-13-20-11-12-24-23(20)26-16-17)14-21(18-7-3-1-4-8-18)19-9-5-2-6-10-19/h11-13,16,18-19,21H,1-10,14-15H2,(H,24,26)(H,25,27). The Morgan fingerprint density at radius 3 is 2.41 bits per heavy atom. The quantitative estimate of drug-likeness (QED) is 0.723. The lowest BCUT2D eigenvalue weighted by molar-refractivity contribution is -0.123. The smallest absolute Gasteiger partial charge is 0.220 e. The monoisotopic (exact) mass is 367 g/mol. The largest absolute Gasteiger partial charge is 0.352 e. The molecule has 0 unspecified atom stereocenters. The van der Waals surface area contributed by atoms with Crippen LogP contribution in [0.5, 0.6) is 0 Å². The first-order valence-electron chi connectivity index (χ1n) is 11.0. The number of carbonyl (C=O) groups is 1. The van der Waals surface area contributed by atoms with Crippen LogP contribution in [0.15, 0.2) is 24.5 Å². The molecule has 0 saturated heterocycles. The van der Waals surface area contributed by atoms with Crippen LogP contribution in [-0.2, 0) is 11.3 Å². The number of amides is 1. The number of nitrogens with zero attached hydrogens (tertiary/aromatic N) is 1. The van der Waals surface area contributed by atoms with Crippen molar-refractivity contribution in [3.8, 4) is 0 Å². The van der Waals surface area contributed by atoms with Gasteiger partial charge in [-0.25, -0.2) is 4.98 Å². The van der Waals surface area contributed by atoms with Crippen molar-refractivity contribution in [1.82, 2.24) is 15.3 Å². The number of H-pyrrole nitrogens is 1. The highest BCUT2D eigenvalue weighted by Crippen LogP contribution is 2.41.